The predicted octanol–water partition coefficient (Wildman–Crippen LogP) is 3.96. The van der Waals surface area contributed by atoms with Crippen molar-refractivity contribution in [2.75, 3.05) is 31.1 Å². The van der Waals surface area contributed by atoms with Crippen molar-refractivity contribution >= 4 is 22.5 Å². The van der Waals surface area contributed by atoms with E-state index in [4.69, 9.17) is 0 Å². The summed E-state index contributed by atoms with van der Waals surface area (Å²) in [5, 5.41) is 0.578. The minimum atomic E-state index is -0.107. The summed E-state index contributed by atoms with van der Waals surface area (Å²) in [5.41, 5.74) is 4.40. The predicted molar refractivity (Wildman–Crippen MR) is 131 cm³/mol. The van der Waals surface area contributed by atoms with Gasteiger partial charge >= 0.3 is 0 Å². The van der Waals surface area contributed by atoms with Crippen LogP contribution in [0.3, 0.4) is 0 Å². The Bertz CT molecular complexity index is 1380. The molecule has 1 aliphatic rings. The molecular formula is C27H26N4O2. The van der Waals surface area contributed by atoms with E-state index < -0.39 is 0 Å². The molecule has 0 bridgehead atoms. The molecule has 0 N–H and O–H groups in total. The zero-order valence-electron chi connectivity index (χ0n) is 18.9. The number of amides is 1. The Labute approximate surface area is 192 Å². The van der Waals surface area contributed by atoms with E-state index in [0.717, 1.165) is 13.1 Å². The molecule has 5 rings (SSSR count). The van der Waals surface area contributed by atoms with Gasteiger partial charge < -0.3 is 9.80 Å². The molecule has 0 radical (unpaired) electrons. The number of nitrogens with zero attached hydrogens (tertiary/aromatic N) is 4. The van der Waals surface area contributed by atoms with Crippen molar-refractivity contribution in [3.63, 3.8) is 0 Å². The molecule has 166 valence electrons. The van der Waals surface area contributed by atoms with Crippen molar-refractivity contribution in [1.82, 2.24) is 14.5 Å². The first-order chi connectivity index (χ1) is 16.0. The fraction of sp³-hybridized carbons (Fsp3) is 0.222. The lowest BCUT2D eigenvalue weighted by Gasteiger charge is -2.36. The fourth-order valence-corrected chi connectivity index (χ4v) is 4.55. The largest absolute Gasteiger partial charge is 0.368 e. The van der Waals surface area contributed by atoms with Gasteiger partial charge in [0.15, 0.2) is 0 Å². The van der Waals surface area contributed by atoms with E-state index in [1.54, 1.807) is 22.8 Å². The average Bonchev–Trinajstić information content (AvgIpc) is 2.84. The fourth-order valence-electron chi connectivity index (χ4n) is 4.55. The van der Waals surface area contributed by atoms with E-state index in [0.29, 0.717) is 41.1 Å². The lowest BCUT2D eigenvalue weighted by atomic mass is 10.1. The smallest absolute Gasteiger partial charge is 0.265 e. The molecule has 0 saturated carbocycles. The monoisotopic (exact) mass is 438 g/mol. The van der Waals surface area contributed by atoms with Gasteiger partial charge in [-0.25, -0.2) is 4.98 Å². The summed E-state index contributed by atoms with van der Waals surface area (Å²) in [5.74, 6) is 0.636. The molecular weight excluding hydrogens is 412 g/mol. The lowest BCUT2D eigenvalue weighted by Crippen LogP contribution is -2.49. The zero-order chi connectivity index (χ0) is 22.9. The highest BCUT2D eigenvalue weighted by molar-refractivity contribution is 5.94. The summed E-state index contributed by atoms with van der Waals surface area (Å²) in [7, 11) is 0. The number of aryl methyl sites for hydroxylation is 2. The van der Waals surface area contributed by atoms with Gasteiger partial charge in [0.1, 0.15) is 5.82 Å². The van der Waals surface area contributed by atoms with Crippen LogP contribution in [0.4, 0.5) is 5.69 Å². The Morgan fingerprint density at radius 3 is 2.21 bits per heavy atom. The third kappa shape index (κ3) is 3.89. The van der Waals surface area contributed by atoms with Gasteiger partial charge in [-0.15, -0.1) is 0 Å². The van der Waals surface area contributed by atoms with Crippen molar-refractivity contribution < 1.29 is 4.79 Å². The minimum absolute atomic E-state index is 0.0201. The van der Waals surface area contributed by atoms with E-state index in [2.05, 4.69) is 35.0 Å². The first-order valence-electron chi connectivity index (χ1n) is 11.2. The molecule has 6 heteroatoms. The van der Waals surface area contributed by atoms with Crippen molar-refractivity contribution in [2.45, 2.75) is 13.8 Å². The maximum absolute atomic E-state index is 13.1. The van der Waals surface area contributed by atoms with Crippen molar-refractivity contribution in [3.05, 3.63) is 100 Å². The standard InChI is InChI=1S/C27H26N4O2/c1-19-7-3-6-10-25(19)29-15-17-30(18-16-29)26(32)21-11-13-22(14-12-21)31-20(2)28-24-9-5-4-8-23(24)27(31)33/h3-14H,15-18H2,1-2H3. The molecule has 6 nitrogen and oxygen atoms in total. The molecule has 1 aromatic heterocycles. The van der Waals surface area contributed by atoms with Gasteiger partial charge in [-0.2, -0.15) is 0 Å². The molecule has 1 saturated heterocycles. The first-order valence-corrected chi connectivity index (χ1v) is 11.2. The van der Waals surface area contributed by atoms with Crippen molar-refractivity contribution in [3.8, 4) is 5.69 Å². The number of rotatable bonds is 3. The molecule has 4 aromatic rings. The van der Waals surface area contributed by atoms with Gasteiger partial charge in [-0.3, -0.25) is 14.2 Å². The van der Waals surface area contributed by atoms with E-state index in [-0.39, 0.29) is 11.5 Å². The number of piperazine rings is 1. The Hall–Kier alpha value is -3.93. The normalized spacial score (nSPS) is 14.0. The molecule has 1 amide bonds. The van der Waals surface area contributed by atoms with E-state index >= 15 is 0 Å². The third-order valence-electron chi connectivity index (χ3n) is 6.34. The second-order valence-electron chi connectivity index (χ2n) is 8.43. The second kappa shape index (κ2) is 8.54. The maximum atomic E-state index is 13.1. The Morgan fingerprint density at radius 2 is 1.48 bits per heavy atom. The van der Waals surface area contributed by atoms with Crippen LogP contribution in [0.25, 0.3) is 16.6 Å². The van der Waals surface area contributed by atoms with Crippen LogP contribution in [-0.4, -0.2) is 46.5 Å². The molecule has 2 heterocycles. The highest BCUT2D eigenvalue weighted by Gasteiger charge is 2.23. The number of benzene rings is 3. The maximum Gasteiger partial charge on any atom is 0.265 e. The van der Waals surface area contributed by atoms with Crippen LogP contribution in [-0.2, 0) is 0 Å². The number of carbonyl (C=O) groups is 1. The molecule has 0 unspecified atom stereocenters. The topological polar surface area (TPSA) is 58.4 Å². The van der Waals surface area contributed by atoms with Crippen molar-refractivity contribution in [1.29, 1.82) is 0 Å². The Morgan fingerprint density at radius 1 is 0.818 bits per heavy atom. The van der Waals surface area contributed by atoms with Crippen LogP contribution >= 0.6 is 0 Å². The summed E-state index contributed by atoms with van der Waals surface area (Å²) >= 11 is 0. The Balaban J connectivity index is 1.33. The van der Waals surface area contributed by atoms with Gasteiger partial charge in [0.05, 0.1) is 16.6 Å². The van der Waals surface area contributed by atoms with E-state index in [9.17, 15) is 9.59 Å². The molecule has 0 spiro atoms. The van der Waals surface area contributed by atoms with E-state index in [1.165, 1.54) is 11.3 Å². The number of carbonyl (C=O) groups excluding carboxylic acids is 1. The SMILES string of the molecule is Cc1ccccc1N1CCN(C(=O)c2ccc(-n3c(C)nc4ccccc4c3=O)cc2)CC1. The average molecular weight is 439 g/mol. The minimum Gasteiger partial charge on any atom is -0.368 e. The van der Waals surface area contributed by atoms with Gasteiger partial charge in [0, 0.05) is 37.4 Å². The molecule has 33 heavy (non-hydrogen) atoms. The summed E-state index contributed by atoms with van der Waals surface area (Å²) in [6.07, 6.45) is 0. The van der Waals surface area contributed by atoms with Crippen LogP contribution in [0.1, 0.15) is 21.7 Å². The number of hydrogen-bond donors (Lipinski definition) is 0. The molecule has 0 atom stereocenters. The highest BCUT2D eigenvalue weighted by Crippen LogP contribution is 2.22. The summed E-state index contributed by atoms with van der Waals surface area (Å²) in [6.45, 7) is 6.93. The zero-order valence-corrected chi connectivity index (χ0v) is 18.9. The van der Waals surface area contributed by atoms with Crippen LogP contribution in [0.5, 0.6) is 0 Å². The lowest BCUT2D eigenvalue weighted by molar-refractivity contribution is 0.0747. The van der Waals surface area contributed by atoms with Gasteiger partial charge in [-0.1, -0.05) is 30.3 Å². The third-order valence-corrected chi connectivity index (χ3v) is 6.34. The second-order valence-corrected chi connectivity index (χ2v) is 8.43. The molecule has 3 aromatic carbocycles. The number of anilines is 1. The number of fused-ring (bicyclic) bond motifs is 1. The van der Waals surface area contributed by atoms with E-state index in [1.807, 2.05) is 48.2 Å². The van der Waals surface area contributed by atoms with Gasteiger partial charge in [0.25, 0.3) is 11.5 Å². The number of hydrogen-bond acceptors (Lipinski definition) is 4. The van der Waals surface area contributed by atoms with Gasteiger partial charge in [-0.05, 0) is 61.9 Å². The molecule has 0 aliphatic carbocycles. The number of para-hydroxylation sites is 2. The van der Waals surface area contributed by atoms with Crippen LogP contribution in [0.2, 0.25) is 0 Å². The Kier molecular flexibility index (Phi) is 5.42. The van der Waals surface area contributed by atoms with Crippen LogP contribution in [0.15, 0.2) is 77.6 Å². The molecule has 1 fully saturated rings. The summed E-state index contributed by atoms with van der Waals surface area (Å²) in [6, 6.07) is 22.9. The van der Waals surface area contributed by atoms with Crippen LogP contribution < -0.4 is 10.5 Å². The summed E-state index contributed by atoms with van der Waals surface area (Å²) < 4.78 is 1.59. The van der Waals surface area contributed by atoms with Crippen LogP contribution in [0, 0.1) is 13.8 Å². The first kappa shape index (κ1) is 20.9. The molecule has 1 aliphatic heterocycles. The quantitative estimate of drug-likeness (QED) is 0.486. The summed E-state index contributed by atoms with van der Waals surface area (Å²) in [4.78, 5) is 34.9. The number of aromatic nitrogens is 2. The van der Waals surface area contributed by atoms with Gasteiger partial charge in [0.2, 0.25) is 0 Å². The van der Waals surface area contributed by atoms with Crippen molar-refractivity contribution in [2.24, 2.45) is 0 Å². The highest BCUT2D eigenvalue weighted by atomic mass is 16.2.